The topological polar surface area (TPSA) is 111 Å². The molecule has 0 aromatic carbocycles. The van der Waals surface area contributed by atoms with Gasteiger partial charge in [-0.05, 0) is 6.92 Å². The first-order valence-corrected chi connectivity index (χ1v) is 5.87. The van der Waals surface area contributed by atoms with E-state index in [0.29, 0.717) is 43.0 Å². The molecule has 0 saturated heterocycles. The average Bonchev–Trinajstić information content (AvgIpc) is 2.96. The Bertz CT molecular complexity index is 502. The van der Waals surface area contributed by atoms with Gasteiger partial charge in [-0.1, -0.05) is 5.16 Å². The van der Waals surface area contributed by atoms with Gasteiger partial charge in [-0.2, -0.15) is 0 Å². The van der Waals surface area contributed by atoms with Crippen LogP contribution in [0.3, 0.4) is 0 Å². The predicted molar refractivity (Wildman–Crippen MR) is 69.0 cm³/mol. The summed E-state index contributed by atoms with van der Waals surface area (Å²) in [4.78, 5) is 8.50. The van der Waals surface area contributed by atoms with Gasteiger partial charge < -0.3 is 20.0 Å². The van der Waals surface area contributed by atoms with Crippen LogP contribution in [0.25, 0.3) is 0 Å². The summed E-state index contributed by atoms with van der Waals surface area (Å²) in [6.45, 7) is 3.33. The summed E-state index contributed by atoms with van der Waals surface area (Å²) in [5.74, 6) is 7.79. The Balaban J connectivity index is 2.05. The second-order valence-corrected chi connectivity index (χ2v) is 3.67. The molecule has 0 spiro atoms. The molecule has 0 unspecified atom stereocenters. The maximum atomic E-state index is 5.37. The van der Waals surface area contributed by atoms with Crippen molar-refractivity contribution in [3.63, 3.8) is 0 Å². The number of rotatable bonds is 7. The smallest absolute Gasteiger partial charge is 0.158 e. The predicted octanol–water partition coefficient (Wildman–Crippen LogP) is 0.899. The molecule has 0 radical (unpaired) electrons. The van der Waals surface area contributed by atoms with Gasteiger partial charge in [0.25, 0.3) is 0 Å². The summed E-state index contributed by atoms with van der Waals surface area (Å²) in [5, 5.41) is 6.73. The number of nitrogens with zero attached hydrogens (tertiary/aromatic N) is 3. The fourth-order valence-corrected chi connectivity index (χ4v) is 1.43. The average molecular weight is 264 g/mol. The lowest BCUT2D eigenvalue weighted by Crippen LogP contribution is -2.12. The van der Waals surface area contributed by atoms with Crippen LogP contribution in [0.2, 0.25) is 0 Å². The molecule has 8 nitrogen and oxygen atoms in total. The minimum absolute atomic E-state index is 0.336. The molecule has 0 fully saturated rings. The van der Waals surface area contributed by atoms with Crippen LogP contribution in [0.4, 0.5) is 11.6 Å². The van der Waals surface area contributed by atoms with E-state index in [1.807, 2.05) is 6.92 Å². The summed E-state index contributed by atoms with van der Waals surface area (Å²) in [7, 11) is 0. The van der Waals surface area contributed by atoms with Crippen LogP contribution >= 0.6 is 0 Å². The van der Waals surface area contributed by atoms with Crippen molar-refractivity contribution in [2.24, 2.45) is 5.84 Å². The van der Waals surface area contributed by atoms with Gasteiger partial charge in [0, 0.05) is 18.7 Å². The Hall–Kier alpha value is -2.19. The van der Waals surface area contributed by atoms with Crippen molar-refractivity contribution in [1.82, 2.24) is 15.1 Å². The lowest BCUT2D eigenvalue weighted by atomic mass is 10.4. The number of nitrogens with one attached hydrogen (secondary N) is 2. The SMILES string of the molecule is CCOCc1nc(NN)cc(NCc2ccno2)n1. The van der Waals surface area contributed by atoms with Crippen molar-refractivity contribution >= 4 is 11.6 Å². The second kappa shape index (κ2) is 6.66. The largest absolute Gasteiger partial charge is 0.374 e. The fourth-order valence-electron chi connectivity index (χ4n) is 1.43. The molecule has 0 saturated carbocycles. The highest BCUT2D eigenvalue weighted by Crippen LogP contribution is 2.12. The molecule has 0 atom stereocenters. The van der Waals surface area contributed by atoms with E-state index in [2.05, 4.69) is 25.9 Å². The van der Waals surface area contributed by atoms with Gasteiger partial charge in [-0.25, -0.2) is 15.8 Å². The molecule has 102 valence electrons. The minimum atomic E-state index is 0.336. The molecular weight excluding hydrogens is 248 g/mol. The van der Waals surface area contributed by atoms with Crippen LogP contribution in [0.15, 0.2) is 22.9 Å². The molecule has 2 heterocycles. The molecule has 0 aliphatic heterocycles. The van der Waals surface area contributed by atoms with Gasteiger partial charge in [-0.3, -0.25) is 0 Å². The first-order chi connectivity index (χ1) is 9.31. The van der Waals surface area contributed by atoms with E-state index in [-0.39, 0.29) is 0 Å². The maximum Gasteiger partial charge on any atom is 0.158 e. The molecular formula is C11H16N6O2. The number of hydrogen-bond donors (Lipinski definition) is 3. The van der Waals surface area contributed by atoms with E-state index in [4.69, 9.17) is 15.1 Å². The van der Waals surface area contributed by atoms with Crippen molar-refractivity contribution in [3.05, 3.63) is 29.9 Å². The first kappa shape index (κ1) is 13.2. The van der Waals surface area contributed by atoms with E-state index < -0.39 is 0 Å². The van der Waals surface area contributed by atoms with Crippen molar-refractivity contribution in [2.75, 3.05) is 17.3 Å². The molecule has 2 aromatic heterocycles. The standard InChI is InChI=1S/C11H16N6O2/c1-2-18-7-11-15-9(5-10(16-11)17-12)13-6-8-3-4-14-19-8/h3-5H,2,6-7,12H2,1H3,(H2,13,15,16,17). The van der Waals surface area contributed by atoms with E-state index in [0.717, 1.165) is 0 Å². The van der Waals surface area contributed by atoms with E-state index >= 15 is 0 Å². The van der Waals surface area contributed by atoms with E-state index in [9.17, 15) is 0 Å². The number of nitrogen functional groups attached to an aromatic ring is 1. The number of aromatic nitrogens is 3. The van der Waals surface area contributed by atoms with Crippen molar-refractivity contribution in [2.45, 2.75) is 20.1 Å². The number of hydrogen-bond acceptors (Lipinski definition) is 8. The van der Waals surface area contributed by atoms with Gasteiger partial charge >= 0.3 is 0 Å². The highest BCUT2D eigenvalue weighted by molar-refractivity contribution is 5.46. The van der Waals surface area contributed by atoms with Crippen LogP contribution in [0.1, 0.15) is 18.5 Å². The van der Waals surface area contributed by atoms with Crippen LogP contribution in [-0.2, 0) is 17.9 Å². The maximum absolute atomic E-state index is 5.37. The highest BCUT2D eigenvalue weighted by atomic mass is 16.5. The summed E-state index contributed by atoms with van der Waals surface area (Å²) in [6, 6.07) is 3.48. The number of nitrogens with two attached hydrogens (primary N) is 1. The molecule has 8 heteroatoms. The number of anilines is 2. The third-order valence-corrected chi connectivity index (χ3v) is 2.29. The molecule has 0 bridgehead atoms. The van der Waals surface area contributed by atoms with Gasteiger partial charge in [0.05, 0.1) is 12.7 Å². The summed E-state index contributed by atoms with van der Waals surface area (Å²) >= 11 is 0. The highest BCUT2D eigenvalue weighted by Gasteiger charge is 2.05. The van der Waals surface area contributed by atoms with Gasteiger partial charge in [-0.15, -0.1) is 0 Å². The first-order valence-electron chi connectivity index (χ1n) is 5.87. The zero-order valence-corrected chi connectivity index (χ0v) is 10.6. The zero-order valence-electron chi connectivity index (χ0n) is 10.6. The monoisotopic (exact) mass is 264 g/mol. The molecule has 2 aromatic rings. The Morgan fingerprint density at radius 1 is 1.37 bits per heavy atom. The fraction of sp³-hybridized carbons (Fsp3) is 0.364. The van der Waals surface area contributed by atoms with Crippen LogP contribution in [0.5, 0.6) is 0 Å². The number of hydrazine groups is 1. The molecule has 0 aliphatic carbocycles. The third-order valence-electron chi connectivity index (χ3n) is 2.29. The summed E-state index contributed by atoms with van der Waals surface area (Å²) in [6.07, 6.45) is 1.59. The Morgan fingerprint density at radius 2 is 2.21 bits per heavy atom. The summed E-state index contributed by atoms with van der Waals surface area (Å²) in [5.41, 5.74) is 2.49. The van der Waals surface area contributed by atoms with Crippen LogP contribution < -0.4 is 16.6 Å². The van der Waals surface area contributed by atoms with Crippen molar-refractivity contribution in [1.29, 1.82) is 0 Å². The van der Waals surface area contributed by atoms with Gasteiger partial charge in [0.1, 0.15) is 18.2 Å². The van der Waals surface area contributed by atoms with E-state index in [1.54, 1.807) is 18.3 Å². The molecule has 19 heavy (non-hydrogen) atoms. The Kier molecular flexibility index (Phi) is 4.65. The molecule has 4 N–H and O–H groups in total. The molecule has 0 aliphatic rings. The van der Waals surface area contributed by atoms with Crippen LogP contribution in [0, 0.1) is 0 Å². The molecule has 2 rings (SSSR count). The third kappa shape index (κ3) is 3.90. The number of ether oxygens (including phenoxy) is 1. The lowest BCUT2D eigenvalue weighted by molar-refractivity contribution is 0.128. The van der Waals surface area contributed by atoms with Gasteiger partial charge in [0.15, 0.2) is 11.6 Å². The molecule has 0 amide bonds. The summed E-state index contributed by atoms with van der Waals surface area (Å²) < 4.78 is 10.3. The van der Waals surface area contributed by atoms with Crippen molar-refractivity contribution < 1.29 is 9.26 Å². The normalized spacial score (nSPS) is 10.4. The van der Waals surface area contributed by atoms with Crippen molar-refractivity contribution in [3.8, 4) is 0 Å². The second-order valence-electron chi connectivity index (χ2n) is 3.67. The van der Waals surface area contributed by atoms with Crippen LogP contribution in [-0.4, -0.2) is 21.7 Å². The quantitative estimate of drug-likeness (QED) is 0.499. The zero-order chi connectivity index (χ0) is 13.5. The Morgan fingerprint density at radius 3 is 2.89 bits per heavy atom. The van der Waals surface area contributed by atoms with Gasteiger partial charge in [0.2, 0.25) is 0 Å². The van der Waals surface area contributed by atoms with E-state index in [1.165, 1.54) is 0 Å². The minimum Gasteiger partial charge on any atom is -0.374 e. The lowest BCUT2D eigenvalue weighted by Gasteiger charge is -2.08. The Labute approximate surface area is 110 Å².